The van der Waals surface area contributed by atoms with Crippen LogP contribution in [0, 0.1) is 5.41 Å². The molecule has 0 unspecified atom stereocenters. The Hall–Kier alpha value is -3.35. The van der Waals surface area contributed by atoms with Gasteiger partial charge in [-0.2, -0.15) is 0 Å². The molecule has 1 saturated carbocycles. The minimum atomic E-state index is -0.874. The Bertz CT molecular complexity index is 985. The van der Waals surface area contributed by atoms with Gasteiger partial charge in [0.05, 0.1) is 5.41 Å². The Morgan fingerprint density at radius 3 is 2.19 bits per heavy atom. The number of amides is 2. The van der Waals surface area contributed by atoms with Crippen LogP contribution in [0.25, 0.3) is 11.1 Å². The molecule has 0 spiro atoms. The average Bonchev–Trinajstić information content (AvgIpc) is 3.53. The number of nitrogens with one attached hydrogen (secondary N) is 2. The maximum atomic E-state index is 12.4. The van der Waals surface area contributed by atoms with Crippen molar-refractivity contribution in [2.45, 2.75) is 44.6 Å². The number of carbonyl (C=O) groups excluding carboxylic acids is 2. The van der Waals surface area contributed by atoms with Gasteiger partial charge >= 0.3 is 12.1 Å². The molecule has 32 heavy (non-hydrogen) atoms. The molecule has 7 heteroatoms. The predicted molar refractivity (Wildman–Crippen MR) is 119 cm³/mol. The van der Waals surface area contributed by atoms with Crippen molar-refractivity contribution >= 4 is 18.0 Å². The maximum Gasteiger partial charge on any atom is 0.407 e. The Morgan fingerprint density at radius 2 is 1.66 bits per heavy atom. The molecule has 2 aromatic rings. The third-order valence-corrected chi connectivity index (χ3v) is 6.52. The minimum Gasteiger partial charge on any atom is -0.481 e. The van der Waals surface area contributed by atoms with Crippen molar-refractivity contribution in [2.75, 3.05) is 13.2 Å². The number of carboxylic acids is 1. The van der Waals surface area contributed by atoms with Crippen LogP contribution in [-0.2, 0) is 14.3 Å². The van der Waals surface area contributed by atoms with Crippen LogP contribution in [0.3, 0.4) is 0 Å². The lowest BCUT2D eigenvalue weighted by Crippen LogP contribution is -2.41. The summed E-state index contributed by atoms with van der Waals surface area (Å²) >= 11 is 0. The Labute approximate surface area is 187 Å². The zero-order valence-corrected chi connectivity index (χ0v) is 18.1. The summed E-state index contributed by atoms with van der Waals surface area (Å²) < 4.78 is 5.55. The van der Waals surface area contributed by atoms with Gasteiger partial charge in [-0.25, -0.2) is 4.79 Å². The van der Waals surface area contributed by atoms with E-state index in [1.54, 1.807) is 0 Å². The quantitative estimate of drug-likeness (QED) is 0.556. The molecule has 1 atom stereocenters. The van der Waals surface area contributed by atoms with Crippen molar-refractivity contribution in [1.29, 1.82) is 0 Å². The third kappa shape index (κ3) is 4.47. The van der Waals surface area contributed by atoms with Gasteiger partial charge in [0.1, 0.15) is 6.61 Å². The first-order valence-corrected chi connectivity index (χ1v) is 11.0. The Kier molecular flexibility index (Phi) is 6.17. The lowest BCUT2D eigenvalue weighted by Gasteiger charge is -2.19. The third-order valence-electron chi connectivity index (χ3n) is 6.52. The summed E-state index contributed by atoms with van der Waals surface area (Å²) in [6, 6.07) is 15.9. The highest BCUT2D eigenvalue weighted by molar-refractivity contribution is 5.82. The summed E-state index contributed by atoms with van der Waals surface area (Å²) in [4.78, 5) is 35.9. The zero-order chi connectivity index (χ0) is 22.7. The van der Waals surface area contributed by atoms with Crippen molar-refractivity contribution in [3.05, 3.63) is 59.7 Å². The van der Waals surface area contributed by atoms with Crippen molar-refractivity contribution in [2.24, 2.45) is 5.41 Å². The van der Waals surface area contributed by atoms with Crippen molar-refractivity contribution in [3.8, 4) is 11.1 Å². The molecule has 0 aliphatic heterocycles. The standard InChI is InChI=1S/C25H28N2O5/c1-2-16(13-22(28)26-15-25(11-12-25)23(29)30)27-24(31)32-14-21-19-9-5-3-7-17(19)18-8-4-6-10-20(18)21/h3-10,16,21H,2,11-15H2,1H3,(H,26,28)(H,27,31)(H,29,30)/t16-/m0/s1. The highest BCUT2D eigenvalue weighted by atomic mass is 16.5. The van der Waals surface area contributed by atoms with E-state index in [1.807, 2.05) is 31.2 Å². The van der Waals surface area contributed by atoms with Gasteiger partial charge in [-0.05, 0) is 41.5 Å². The van der Waals surface area contributed by atoms with E-state index in [-0.39, 0.29) is 37.4 Å². The highest BCUT2D eigenvalue weighted by Crippen LogP contribution is 2.45. The van der Waals surface area contributed by atoms with Gasteiger partial charge in [0, 0.05) is 24.9 Å². The molecule has 7 nitrogen and oxygen atoms in total. The summed E-state index contributed by atoms with van der Waals surface area (Å²) in [5.74, 6) is -1.17. The monoisotopic (exact) mass is 436 g/mol. The van der Waals surface area contributed by atoms with Gasteiger partial charge in [-0.1, -0.05) is 55.5 Å². The van der Waals surface area contributed by atoms with Crippen molar-refractivity contribution in [3.63, 3.8) is 0 Å². The second-order valence-electron chi connectivity index (χ2n) is 8.64. The predicted octanol–water partition coefficient (Wildman–Crippen LogP) is 3.67. The van der Waals surface area contributed by atoms with E-state index in [2.05, 4.69) is 34.9 Å². The molecule has 2 aromatic carbocycles. The molecule has 0 saturated heterocycles. The van der Waals surface area contributed by atoms with E-state index in [0.29, 0.717) is 19.3 Å². The number of hydrogen-bond acceptors (Lipinski definition) is 4. The van der Waals surface area contributed by atoms with Crippen LogP contribution in [0.2, 0.25) is 0 Å². The lowest BCUT2D eigenvalue weighted by atomic mass is 9.98. The Balaban J connectivity index is 1.29. The van der Waals surface area contributed by atoms with Crippen LogP contribution in [0.15, 0.2) is 48.5 Å². The first kappa shape index (κ1) is 21.9. The number of carboxylic acid groups (broad SMARTS) is 1. The fraction of sp³-hybridized carbons (Fsp3) is 0.400. The number of alkyl carbamates (subject to hydrolysis) is 1. The summed E-state index contributed by atoms with van der Waals surface area (Å²) in [6.45, 7) is 2.22. The van der Waals surface area contributed by atoms with Crippen LogP contribution < -0.4 is 10.6 Å². The lowest BCUT2D eigenvalue weighted by molar-refractivity contribution is -0.143. The molecular weight excluding hydrogens is 408 g/mol. The fourth-order valence-corrected chi connectivity index (χ4v) is 4.29. The van der Waals surface area contributed by atoms with Crippen LogP contribution in [0.1, 0.15) is 49.7 Å². The number of benzene rings is 2. The summed E-state index contributed by atoms with van der Waals surface area (Å²) in [5.41, 5.74) is 3.79. The largest absolute Gasteiger partial charge is 0.481 e. The number of carbonyl (C=O) groups is 3. The van der Waals surface area contributed by atoms with E-state index >= 15 is 0 Å². The minimum absolute atomic E-state index is 0.0257. The molecule has 168 valence electrons. The second kappa shape index (κ2) is 9.02. The Morgan fingerprint density at radius 1 is 1.06 bits per heavy atom. The first-order valence-electron chi connectivity index (χ1n) is 11.0. The van der Waals surface area contributed by atoms with Gasteiger partial charge in [-0.3, -0.25) is 9.59 Å². The van der Waals surface area contributed by atoms with Gasteiger partial charge < -0.3 is 20.5 Å². The van der Waals surface area contributed by atoms with Crippen LogP contribution in [0.5, 0.6) is 0 Å². The number of ether oxygens (including phenoxy) is 1. The molecule has 0 bridgehead atoms. The molecule has 3 N–H and O–H groups in total. The van der Waals surface area contributed by atoms with E-state index in [4.69, 9.17) is 4.74 Å². The zero-order valence-electron chi connectivity index (χ0n) is 18.1. The molecule has 0 radical (unpaired) electrons. The molecule has 2 aliphatic rings. The average molecular weight is 437 g/mol. The molecule has 0 aromatic heterocycles. The number of rotatable bonds is 9. The summed E-state index contributed by atoms with van der Waals surface area (Å²) in [7, 11) is 0. The van der Waals surface area contributed by atoms with Crippen LogP contribution >= 0.6 is 0 Å². The van der Waals surface area contributed by atoms with Gasteiger partial charge in [0.2, 0.25) is 5.91 Å². The van der Waals surface area contributed by atoms with E-state index in [1.165, 1.54) is 0 Å². The molecule has 0 heterocycles. The summed E-state index contributed by atoms with van der Waals surface area (Å²) in [5, 5.41) is 14.7. The SMILES string of the molecule is CC[C@@H](CC(=O)NCC1(C(=O)O)CC1)NC(=O)OCC1c2ccccc2-c2ccccc21. The molecule has 1 fully saturated rings. The second-order valence-corrected chi connectivity index (χ2v) is 8.64. The molecule has 2 aliphatic carbocycles. The normalized spacial score (nSPS) is 16.4. The number of hydrogen-bond donors (Lipinski definition) is 3. The van der Waals surface area contributed by atoms with Crippen molar-refractivity contribution in [1.82, 2.24) is 10.6 Å². The molecule has 2 amide bonds. The van der Waals surface area contributed by atoms with Gasteiger partial charge in [0.15, 0.2) is 0 Å². The van der Waals surface area contributed by atoms with E-state index < -0.39 is 17.5 Å². The molecule has 4 rings (SSSR count). The highest BCUT2D eigenvalue weighted by Gasteiger charge is 2.50. The van der Waals surface area contributed by atoms with E-state index in [0.717, 1.165) is 22.3 Å². The van der Waals surface area contributed by atoms with Crippen LogP contribution in [0.4, 0.5) is 4.79 Å². The summed E-state index contributed by atoms with van der Waals surface area (Å²) in [6.07, 6.45) is 1.24. The van der Waals surface area contributed by atoms with Crippen molar-refractivity contribution < 1.29 is 24.2 Å². The van der Waals surface area contributed by atoms with Gasteiger partial charge in [0.25, 0.3) is 0 Å². The fourth-order valence-electron chi connectivity index (χ4n) is 4.29. The number of aliphatic carboxylic acids is 1. The van der Waals surface area contributed by atoms with Gasteiger partial charge in [-0.15, -0.1) is 0 Å². The molecular formula is C25H28N2O5. The van der Waals surface area contributed by atoms with Crippen LogP contribution in [-0.4, -0.2) is 42.3 Å². The van der Waals surface area contributed by atoms with E-state index in [9.17, 15) is 19.5 Å². The topological polar surface area (TPSA) is 105 Å². The smallest absolute Gasteiger partial charge is 0.407 e. The maximum absolute atomic E-state index is 12.4. The number of fused-ring (bicyclic) bond motifs is 3. The first-order chi connectivity index (χ1) is 15.4.